The molecule has 1 N–H and O–H groups in total. The molecule has 0 radical (unpaired) electrons. The Morgan fingerprint density at radius 1 is 1.75 bits per heavy atom. The molecule has 0 aliphatic heterocycles. The summed E-state index contributed by atoms with van der Waals surface area (Å²) in [5, 5.41) is 0. The fraction of sp³-hybridized carbons (Fsp3) is 0.750. The number of halogens is 1. The molecule has 4 heteroatoms. The molecule has 0 aliphatic rings. The number of nitrogens with zero attached hydrogens (tertiary/aromatic N) is 1. The summed E-state index contributed by atoms with van der Waals surface area (Å²) in [6.07, 6.45) is 0. The van der Waals surface area contributed by atoms with Crippen molar-refractivity contribution in [3.8, 4) is 0 Å². The Kier molecular flexibility index (Phi) is 3.94. The van der Waals surface area contributed by atoms with Gasteiger partial charge in [0.1, 0.15) is 0 Å². The number of alkyl halides is 1. The van der Waals surface area contributed by atoms with Crippen LogP contribution in [-0.2, 0) is 4.79 Å². The van der Waals surface area contributed by atoms with Crippen LogP contribution in [0.25, 0.3) is 0 Å². The molecule has 3 nitrogen and oxygen atoms in total. The molecule has 1 amide bonds. The largest absolute Gasteiger partial charge is 0.348 e. The second-order valence-electron chi connectivity index (χ2n) is 1.56. The van der Waals surface area contributed by atoms with Crippen molar-refractivity contribution >= 4 is 26.9 Å². The number of hydrogen-bond acceptors (Lipinski definition) is 2. The van der Waals surface area contributed by atoms with Crippen molar-refractivity contribution in [2.24, 2.45) is 0 Å². The van der Waals surface area contributed by atoms with Crippen molar-refractivity contribution in [2.75, 3.05) is 18.5 Å². The van der Waals surface area contributed by atoms with Crippen LogP contribution >= 0.6 is 21.0 Å². The van der Waals surface area contributed by atoms with Crippen molar-refractivity contribution in [3.63, 3.8) is 0 Å². The Morgan fingerprint density at radius 3 is 2.38 bits per heavy atom. The number of nitrogens with one attached hydrogen (secondary N) is 1. The van der Waals surface area contributed by atoms with E-state index in [0.717, 1.165) is 0 Å². The van der Waals surface area contributed by atoms with Gasteiger partial charge in [0.05, 0.1) is 4.43 Å². The summed E-state index contributed by atoms with van der Waals surface area (Å²) in [7, 11) is 3.42. The third kappa shape index (κ3) is 3.06. The first-order valence-electron chi connectivity index (χ1n) is 2.13. The highest BCUT2D eigenvalue weighted by atomic mass is 127. The SMILES string of the molecule is CN(C)C(=O)CI=N. The number of carbonyl (C=O) groups is 1. The molecular weight excluding hydrogens is 219 g/mol. The van der Waals surface area contributed by atoms with Gasteiger partial charge in [-0.15, -0.1) is 0 Å². The first-order chi connectivity index (χ1) is 3.68. The van der Waals surface area contributed by atoms with E-state index in [4.69, 9.17) is 3.56 Å². The van der Waals surface area contributed by atoms with Crippen LogP contribution < -0.4 is 0 Å². The molecule has 0 unspecified atom stereocenters. The van der Waals surface area contributed by atoms with Crippen molar-refractivity contribution in [2.45, 2.75) is 0 Å². The number of rotatable bonds is 2. The van der Waals surface area contributed by atoms with Gasteiger partial charge in [0.25, 0.3) is 0 Å². The molecule has 0 bridgehead atoms. The number of hydrogen-bond donors (Lipinski definition) is 1. The van der Waals surface area contributed by atoms with E-state index in [2.05, 4.69) is 0 Å². The highest BCUT2D eigenvalue weighted by molar-refractivity contribution is 14.1. The normalized spacial score (nSPS) is 8.75. The standard InChI is InChI=1S/C4H9IN2O/c1-7(2)4(8)3-5-6/h6H,3H2,1-2H3. The maximum absolute atomic E-state index is 10.6. The summed E-state index contributed by atoms with van der Waals surface area (Å²) in [5.41, 5.74) is 0. The molecule has 0 saturated carbocycles. The Labute approximate surface area is 59.0 Å². The molecule has 0 aromatic heterocycles. The molecule has 0 aliphatic carbocycles. The van der Waals surface area contributed by atoms with E-state index in [1.165, 1.54) is 4.90 Å². The van der Waals surface area contributed by atoms with E-state index < -0.39 is 21.0 Å². The summed E-state index contributed by atoms with van der Waals surface area (Å²) in [5.74, 6) is 0.0767. The van der Waals surface area contributed by atoms with Crippen LogP contribution in [0.4, 0.5) is 0 Å². The minimum absolute atomic E-state index is 0.0767. The van der Waals surface area contributed by atoms with E-state index in [0.29, 0.717) is 4.43 Å². The van der Waals surface area contributed by atoms with Crippen LogP contribution in [0.3, 0.4) is 0 Å². The third-order valence-electron chi connectivity index (χ3n) is 0.680. The summed E-state index contributed by atoms with van der Waals surface area (Å²) in [6.45, 7) is 0. The van der Waals surface area contributed by atoms with E-state index >= 15 is 0 Å². The molecule has 0 spiro atoms. The molecule has 0 fully saturated rings. The van der Waals surface area contributed by atoms with Gasteiger partial charge in [0, 0.05) is 14.1 Å². The smallest absolute Gasteiger partial charge is 0.232 e. The number of amides is 1. The zero-order valence-electron chi connectivity index (χ0n) is 4.94. The minimum Gasteiger partial charge on any atom is -0.348 e. The Bertz CT molecular complexity index is 102. The summed E-state index contributed by atoms with van der Waals surface area (Å²) < 4.78 is 7.24. The lowest BCUT2D eigenvalue weighted by atomic mass is 10.6. The Hall–Kier alpha value is -0.0000000000000000555. The highest BCUT2D eigenvalue weighted by Gasteiger charge is 1.98. The zero-order chi connectivity index (χ0) is 6.57. The first-order valence-corrected chi connectivity index (χ1v) is 4.74. The van der Waals surface area contributed by atoms with Crippen LogP contribution in [0.15, 0.2) is 0 Å². The summed E-state index contributed by atoms with van der Waals surface area (Å²) in [6, 6.07) is 0. The maximum Gasteiger partial charge on any atom is 0.232 e. The van der Waals surface area contributed by atoms with Crippen LogP contribution in [0.5, 0.6) is 0 Å². The number of carbonyl (C=O) groups excluding carboxylic acids is 1. The minimum atomic E-state index is -0.608. The molecule has 0 rings (SSSR count). The van der Waals surface area contributed by atoms with E-state index in [-0.39, 0.29) is 5.91 Å². The zero-order valence-corrected chi connectivity index (χ0v) is 7.10. The van der Waals surface area contributed by atoms with Gasteiger partial charge in [-0.05, 0) is 21.0 Å². The third-order valence-corrected chi connectivity index (χ3v) is 1.71. The van der Waals surface area contributed by atoms with E-state index in [1.54, 1.807) is 14.1 Å². The fourth-order valence-corrected chi connectivity index (χ4v) is 1.19. The lowest BCUT2D eigenvalue weighted by molar-refractivity contribution is -0.125. The molecule has 0 aromatic carbocycles. The van der Waals surface area contributed by atoms with Crippen molar-refractivity contribution in [1.29, 1.82) is 3.56 Å². The average Bonchev–Trinajstić information content (AvgIpc) is 1.67. The second kappa shape index (κ2) is 3.94. The van der Waals surface area contributed by atoms with Crippen LogP contribution in [0, 0.1) is 3.56 Å². The second-order valence-corrected chi connectivity index (χ2v) is 3.08. The van der Waals surface area contributed by atoms with Crippen LogP contribution in [0.1, 0.15) is 0 Å². The molecule has 48 valence electrons. The molecule has 0 saturated heterocycles. The lowest BCUT2D eigenvalue weighted by Gasteiger charge is -2.05. The van der Waals surface area contributed by atoms with Gasteiger partial charge in [-0.1, -0.05) is 0 Å². The predicted molar refractivity (Wildman–Crippen MR) is 40.3 cm³/mol. The van der Waals surface area contributed by atoms with Gasteiger partial charge in [-0.25, -0.2) is 0 Å². The van der Waals surface area contributed by atoms with E-state index in [9.17, 15) is 4.79 Å². The van der Waals surface area contributed by atoms with Crippen molar-refractivity contribution < 1.29 is 4.79 Å². The molecule has 8 heavy (non-hydrogen) atoms. The summed E-state index contributed by atoms with van der Waals surface area (Å²) in [4.78, 5) is 12.1. The Balaban J connectivity index is 3.48. The Morgan fingerprint density at radius 2 is 2.25 bits per heavy atom. The predicted octanol–water partition coefficient (Wildman–Crippen LogP) is 0.808. The van der Waals surface area contributed by atoms with E-state index in [1.807, 2.05) is 0 Å². The van der Waals surface area contributed by atoms with Gasteiger partial charge < -0.3 is 4.90 Å². The molecule has 0 heterocycles. The highest BCUT2D eigenvalue weighted by Crippen LogP contribution is 1.93. The molecular formula is C4H9IN2O. The molecule has 0 aromatic rings. The quantitative estimate of drug-likeness (QED) is 0.551. The van der Waals surface area contributed by atoms with Gasteiger partial charge in [0.15, 0.2) is 0 Å². The first kappa shape index (κ1) is 8.00. The van der Waals surface area contributed by atoms with Crippen molar-refractivity contribution in [3.05, 3.63) is 0 Å². The van der Waals surface area contributed by atoms with Crippen LogP contribution in [0.2, 0.25) is 0 Å². The van der Waals surface area contributed by atoms with Gasteiger partial charge in [-0.2, -0.15) is 0 Å². The monoisotopic (exact) mass is 228 g/mol. The maximum atomic E-state index is 10.6. The van der Waals surface area contributed by atoms with Gasteiger partial charge in [-0.3, -0.25) is 8.36 Å². The average molecular weight is 228 g/mol. The fourth-order valence-electron chi connectivity index (χ4n) is 0.177. The lowest BCUT2D eigenvalue weighted by Crippen LogP contribution is -2.22. The van der Waals surface area contributed by atoms with Crippen molar-refractivity contribution in [1.82, 2.24) is 4.90 Å². The van der Waals surface area contributed by atoms with Crippen LogP contribution in [-0.4, -0.2) is 29.3 Å². The summed E-state index contributed by atoms with van der Waals surface area (Å²) >= 11 is -0.608. The topological polar surface area (TPSA) is 44.2 Å². The van der Waals surface area contributed by atoms with Gasteiger partial charge in [0.2, 0.25) is 5.91 Å². The van der Waals surface area contributed by atoms with Gasteiger partial charge >= 0.3 is 0 Å². The molecule has 0 atom stereocenters.